The summed E-state index contributed by atoms with van der Waals surface area (Å²) in [6, 6.07) is 5.29. The highest BCUT2D eigenvalue weighted by Crippen LogP contribution is 2.27. The molecule has 1 aliphatic heterocycles. The zero-order valence-electron chi connectivity index (χ0n) is 9.43. The van der Waals surface area contributed by atoms with Gasteiger partial charge < -0.3 is 9.47 Å². The van der Waals surface area contributed by atoms with E-state index < -0.39 is 18.5 Å². The Morgan fingerprint density at radius 1 is 1.39 bits per heavy atom. The Labute approximate surface area is 123 Å². The van der Waals surface area contributed by atoms with Gasteiger partial charge in [-0.1, -0.05) is 11.6 Å². The quantitative estimate of drug-likeness (QED) is 0.459. The fourth-order valence-corrected chi connectivity index (χ4v) is 2.40. The summed E-state index contributed by atoms with van der Waals surface area (Å²) in [5, 5.41) is 0.646. The minimum atomic E-state index is -0.683. The van der Waals surface area contributed by atoms with Crippen molar-refractivity contribution < 1.29 is 19.0 Å². The van der Waals surface area contributed by atoms with Crippen molar-refractivity contribution in [3.8, 4) is 5.75 Å². The number of benzene rings is 1. The third-order valence-corrected chi connectivity index (χ3v) is 3.19. The smallest absolute Gasteiger partial charge is 0.305 e. The maximum atomic E-state index is 10.8. The summed E-state index contributed by atoms with van der Waals surface area (Å²) in [7, 11) is 0. The van der Waals surface area contributed by atoms with Crippen molar-refractivity contribution >= 4 is 40.2 Å². The molecule has 1 aromatic carbocycles. The second-order valence-corrected chi connectivity index (χ2v) is 5.16. The van der Waals surface area contributed by atoms with E-state index in [4.69, 9.17) is 25.8 Å². The van der Waals surface area contributed by atoms with Gasteiger partial charge in [0.2, 0.25) is 12.6 Å². The molecule has 0 aliphatic carbocycles. The highest BCUT2D eigenvalue weighted by atomic mass is 127. The molecule has 2 unspecified atom stereocenters. The predicted molar refractivity (Wildman–Crippen MR) is 74.4 cm³/mol. The van der Waals surface area contributed by atoms with Crippen LogP contribution in [0, 0.1) is 3.57 Å². The summed E-state index contributed by atoms with van der Waals surface area (Å²) < 4.78 is 16.7. The number of carbonyl (C=O) groups is 1. The number of carbonyl (C=O) groups excluding carboxylic acids is 1. The van der Waals surface area contributed by atoms with Crippen molar-refractivity contribution in [2.24, 2.45) is 0 Å². The van der Waals surface area contributed by atoms with Gasteiger partial charge in [-0.25, -0.2) is 0 Å². The molecule has 0 N–H and O–H groups in total. The van der Waals surface area contributed by atoms with E-state index in [1.165, 1.54) is 6.92 Å². The first-order chi connectivity index (χ1) is 8.54. The Hall–Kier alpha value is -0.790. The SMILES string of the molecule is CC(=O)OC1C=CC(Oc2ccc(Cl)cc2I)O1. The highest BCUT2D eigenvalue weighted by molar-refractivity contribution is 14.1. The summed E-state index contributed by atoms with van der Waals surface area (Å²) in [6.07, 6.45) is 2.08. The average Bonchev–Trinajstić information content (AvgIpc) is 2.69. The van der Waals surface area contributed by atoms with Gasteiger partial charge in [0.25, 0.3) is 0 Å². The molecule has 2 rings (SSSR count). The molecule has 2 atom stereocenters. The molecular formula is C12H10ClIO4. The van der Waals surface area contributed by atoms with Crippen LogP contribution in [0.5, 0.6) is 5.75 Å². The van der Waals surface area contributed by atoms with Gasteiger partial charge in [0.15, 0.2) is 0 Å². The van der Waals surface area contributed by atoms with Gasteiger partial charge in [-0.05, 0) is 52.9 Å². The van der Waals surface area contributed by atoms with Gasteiger partial charge in [-0.3, -0.25) is 9.53 Å². The van der Waals surface area contributed by atoms with Crippen LogP contribution in [-0.4, -0.2) is 18.5 Å². The largest absolute Gasteiger partial charge is 0.460 e. The fourth-order valence-electron chi connectivity index (χ4n) is 1.40. The van der Waals surface area contributed by atoms with Crippen molar-refractivity contribution in [1.29, 1.82) is 0 Å². The topological polar surface area (TPSA) is 44.8 Å². The normalized spacial score (nSPS) is 21.9. The van der Waals surface area contributed by atoms with Gasteiger partial charge in [0, 0.05) is 11.9 Å². The summed E-state index contributed by atoms with van der Waals surface area (Å²) >= 11 is 7.97. The van der Waals surface area contributed by atoms with E-state index in [-0.39, 0.29) is 0 Å². The molecule has 1 heterocycles. The summed E-state index contributed by atoms with van der Waals surface area (Å²) in [4.78, 5) is 10.8. The first-order valence-corrected chi connectivity index (χ1v) is 6.63. The molecule has 0 aromatic heterocycles. The Morgan fingerprint density at radius 3 is 2.78 bits per heavy atom. The Balaban J connectivity index is 1.96. The minimum absolute atomic E-state index is 0.397. The van der Waals surface area contributed by atoms with Crippen LogP contribution in [0.3, 0.4) is 0 Å². The third-order valence-electron chi connectivity index (χ3n) is 2.11. The average molecular weight is 381 g/mol. The summed E-state index contributed by atoms with van der Waals surface area (Å²) in [5.74, 6) is 0.268. The zero-order valence-corrected chi connectivity index (χ0v) is 12.3. The van der Waals surface area contributed by atoms with Crippen LogP contribution < -0.4 is 4.74 Å². The van der Waals surface area contributed by atoms with Crippen molar-refractivity contribution in [3.05, 3.63) is 38.9 Å². The van der Waals surface area contributed by atoms with Gasteiger partial charge in [0.05, 0.1) is 3.57 Å². The maximum absolute atomic E-state index is 10.8. The first kappa shape index (κ1) is 13.6. The first-order valence-electron chi connectivity index (χ1n) is 5.17. The number of rotatable bonds is 3. The Morgan fingerprint density at radius 2 is 2.11 bits per heavy atom. The van der Waals surface area contributed by atoms with Crippen molar-refractivity contribution in [2.75, 3.05) is 0 Å². The van der Waals surface area contributed by atoms with E-state index in [1.807, 2.05) is 0 Å². The van der Waals surface area contributed by atoms with Gasteiger partial charge in [-0.15, -0.1) is 0 Å². The zero-order chi connectivity index (χ0) is 13.1. The number of hydrogen-bond donors (Lipinski definition) is 0. The summed E-state index contributed by atoms with van der Waals surface area (Å²) in [6.45, 7) is 1.33. The van der Waals surface area contributed by atoms with E-state index in [1.54, 1.807) is 30.4 Å². The summed E-state index contributed by atoms with van der Waals surface area (Å²) in [5.41, 5.74) is 0. The molecule has 18 heavy (non-hydrogen) atoms. The van der Waals surface area contributed by atoms with E-state index >= 15 is 0 Å². The van der Waals surface area contributed by atoms with Crippen LogP contribution >= 0.6 is 34.2 Å². The van der Waals surface area contributed by atoms with E-state index in [9.17, 15) is 4.79 Å². The molecule has 1 aliphatic rings. The molecule has 0 bridgehead atoms. The van der Waals surface area contributed by atoms with Crippen LogP contribution in [0.4, 0.5) is 0 Å². The molecule has 0 saturated carbocycles. The predicted octanol–water partition coefficient (Wildman–Crippen LogP) is 3.13. The van der Waals surface area contributed by atoms with E-state index in [0.29, 0.717) is 10.8 Å². The maximum Gasteiger partial charge on any atom is 0.305 e. The molecule has 96 valence electrons. The van der Waals surface area contributed by atoms with Crippen LogP contribution in [0.2, 0.25) is 5.02 Å². The fraction of sp³-hybridized carbons (Fsp3) is 0.250. The molecule has 1 aromatic rings. The number of hydrogen-bond acceptors (Lipinski definition) is 4. The second kappa shape index (κ2) is 5.90. The van der Waals surface area contributed by atoms with Crippen molar-refractivity contribution in [3.63, 3.8) is 0 Å². The molecule has 0 amide bonds. The lowest BCUT2D eigenvalue weighted by molar-refractivity contribution is -0.182. The van der Waals surface area contributed by atoms with Gasteiger partial charge in [-0.2, -0.15) is 0 Å². The van der Waals surface area contributed by atoms with Crippen LogP contribution in [0.25, 0.3) is 0 Å². The van der Waals surface area contributed by atoms with Crippen LogP contribution in [0.15, 0.2) is 30.4 Å². The van der Waals surface area contributed by atoms with Gasteiger partial charge >= 0.3 is 5.97 Å². The van der Waals surface area contributed by atoms with E-state index in [0.717, 1.165) is 3.57 Å². The Bertz CT molecular complexity index is 489. The molecule has 4 nitrogen and oxygen atoms in total. The lowest BCUT2D eigenvalue weighted by Crippen LogP contribution is -2.21. The molecular weight excluding hydrogens is 370 g/mol. The van der Waals surface area contributed by atoms with Crippen LogP contribution in [-0.2, 0) is 14.3 Å². The third kappa shape index (κ3) is 3.60. The second-order valence-electron chi connectivity index (χ2n) is 3.56. The number of halogens is 2. The van der Waals surface area contributed by atoms with Crippen LogP contribution in [0.1, 0.15) is 6.92 Å². The molecule has 0 saturated heterocycles. The monoisotopic (exact) mass is 380 g/mol. The molecule has 0 spiro atoms. The van der Waals surface area contributed by atoms with Crippen molar-refractivity contribution in [2.45, 2.75) is 19.5 Å². The van der Waals surface area contributed by atoms with Gasteiger partial charge in [0.1, 0.15) is 5.75 Å². The minimum Gasteiger partial charge on any atom is -0.460 e. The molecule has 0 fully saturated rings. The highest BCUT2D eigenvalue weighted by Gasteiger charge is 2.23. The molecule has 6 heteroatoms. The Kier molecular flexibility index (Phi) is 4.47. The standard InChI is InChI=1S/C12H10ClIO4/c1-7(15)16-11-4-5-12(18-11)17-10-3-2-8(13)6-9(10)14/h2-6,11-12H,1H3. The number of ether oxygens (including phenoxy) is 3. The lowest BCUT2D eigenvalue weighted by Gasteiger charge is -2.16. The van der Waals surface area contributed by atoms with Crippen molar-refractivity contribution in [1.82, 2.24) is 0 Å². The lowest BCUT2D eigenvalue weighted by atomic mass is 10.3. The number of esters is 1. The van der Waals surface area contributed by atoms with E-state index in [2.05, 4.69) is 22.6 Å². The molecule has 0 radical (unpaired) electrons.